The lowest BCUT2D eigenvalue weighted by atomic mass is 9.93. The van der Waals surface area contributed by atoms with E-state index in [1.807, 2.05) is 0 Å². The first-order valence-electron chi connectivity index (χ1n) is 8.44. The maximum atomic E-state index is 11.3. The molecule has 0 aromatic rings. The van der Waals surface area contributed by atoms with Gasteiger partial charge in [0.15, 0.2) is 0 Å². The van der Waals surface area contributed by atoms with Crippen molar-refractivity contribution < 1.29 is 9.53 Å². The van der Waals surface area contributed by atoms with Crippen molar-refractivity contribution in [3.63, 3.8) is 0 Å². The van der Waals surface area contributed by atoms with Crippen molar-refractivity contribution in [2.45, 2.75) is 85.0 Å². The van der Waals surface area contributed by atoms with Crippen molar-refractivity contribution >= 4 is 5.97 Å². The molecule has 0 aromatic heterocycles. The molecule has 1 atom stereocenters. The number of esters is 1. The van der Waals surface area contributed by atoms with E-state index < -0.39 is 0 Å². The van der Waals surface area contributed by atoms with E-state index in [9.17, 15) is 4.79 Å². The van der Waals surface area contributed by atoms with Crippen LogP contribution in [0.2, 0.25) is 0 Å². The van der Waals surface area contributed by atoms with Crippen LogP contribution in [0.5, 0.6) is 0 Å². The summed E-state index contributed by atoms with van der Waals surface area (Å²) >= 11 is 0. The van der Waals surface area contributed by atoms with Gasteiger partial charge in [-0.3, -0.25) is 0 Å². The minimum atomic E-state index is -0.250. The summed E-state index contributed by atoms with van der Waals surface area (Å²) in [5.74, 6) is 0.462. The number of carbonyl (C=O) groups is 1. The molecule has 0 radical (unpaired) electrons. The Labute approximate surface area is 126 Å². The van der Waals surface area contributed by atoms with Gasteiger partial charge in [0, 0.05) is 5.57 Å². The van der Waals surface area contributed by atoms with Crippen LogP contribution in [0.15, 0.2) is 12.2 Å². The largest absolute Gasteiger partial charge is 0.462 e. The first-order chi connectivity index (χ1) is 9.61. The molecule has 0 spiro atoms. The number of unbranched alkanes of at least 4 members (excludes halogenated alkanes) is 5. The third-order valence-electron chi connectivity index (χ3n) is 3.77. The monoisotopic (exact) mass is 282 g/mol. The second kappa shape index (κ2) is 13.2. The first kappa shape index (κ1) is 19.2. The lowest BCUT2D eigenvalue weighted by Crippen LogP contribution is -2.10. The molecule has 0 saturated carbocycles. The highest BCUT2D eigenvalue weighted by Crippen LogP contribution is 2.20. The summed E-state index contributed by atoms with van der Waals surface area (Å²) in [6, 6.07) is 0. The van der Waals surface area contributed by atoms with Gasteiger partial charge in [0.1, 0.15) is 0 Å². The van der Waals surface area contributed by atoms with E-state index in [0.717, 1.165) is 6.42 Å². The Bertz CT molecular complexity index is 258. The Balaban J connectivity index is 3.70. The molecule has 0 amide bonds. The fourth-order valence-electron chi connectivity index (χ4n) is 2.50. The van der Waals surface area contributed by atoms with Crippen molar-refractivity contribution in [3.05, 3.63) is 12.2 Å². The molecule has 2 heteroatoms. The smallest absolute Gasteiger partial charge is 0.333 e. The van der Waals surface area contributed by atoms with Crippen molar-refractivity contribution in [2.75, 3.05) is 6.61 Å². The summed E-state index contributed by atoms with van der Waals surface area (Å²) in [5, 5.41) is 0. The fraction of sp³-hybridized carbons (Fsp3) is 0.833. The Morgan fingerprint density at radius 1 is 0.950 bits per heavy atom. The van der Waals surface area contributed by atoms with Gasteiger partial charge in [-0.2, -0.15) is 0 Å². The lowest BCUT2D eigenvalue weighted by Gasteiger charge is -2.16. The zero-order valence-corrected chi connectivity index (χ0v) is 13.9. The van der Waals surface area contributed by atoms with Crippen LogP contribution in [-0.4, -0.2) is 12.6 Å². The second-order valence-corrected chi connectivity index (χ2v) is 5.92. The maximum Gasteiger partial charge on any atom is 0.333 e. The molecule has 0 aromatic carbocycles. The van der Waals surface area contributed by atoms with E-state index in [1.165, 1.54) is 57.8 Å². The molecule has 0 heterocycles. The Morgan fingerprint density at radius 2 is 1.60 bits per heavy atom. The molecule has 118 valence electrons. The van der Waals surface area contributed by atoms with Gasteiger partial charge in [-0.05, 0) is 19.3 Å². The minimum Gasteiger partial charge on any atom is -0.462 e. The van der Waals surface area contributed by atoms with Gasteiger partial charge in [0.25, 0.3) is 0 Å². The average Bonchev–Trinajstić information content (AvgIpc) is 2.42. The van der Waals surface area contributed by atoms with Gasteiger partial charge < -0.3 is 4.74 Å². The summed E-state index contributed by atoms with van der Waals surface area (Å²) < 4.78 is 5.20. The van der Waals surface area contributed by atoms with Crippen LogP contribution >= 0.6 is 0 Å². The van der Waals surface area contributed by atoms with E-state index in [4.69, 9.17) is 4.74 Å². The van der Waals surface area contributed by atoms with Crippen molar-refractivity contribution in [1.29, 1.82) is 0 Å². The topological polar surface area (TPSA) is 26.3 Å². The van der Waals surface area contributed by atoms with Crippen LogP contribution in [0.1, 0.15) is 85.0 Å². The highest BCUT2D eigenvalue weighted by atomic mass is 16.5. The van der Waals surface area contributed by atoms with Gasteiger partial charge in [0.2, 0.25) is 0 Å². The molecule has 0 N–H and O–H groups in total. The van der Waals surface area contributed by atoms with Crippen LogP contribution in [0.4, 0.5) is 0 Å². The molecular formula is C18H34O2. The van der Waals surface area contributed by atoms with Gasteiger partial charge in [0.05, 0.1) is 6.61 Å². The summed E-state index contributed by atoms with van der Waals surface area (Å²) in [4.78, 5) is 11.3. The number of hydrogen-bond acceptors (Lipinski definition) is 2. The SMILES string of the molecule is C=C(C)C(=O)OCCC(CCC)CCCCCCCC. The van der Waals surface area contributed by atoms with E-state index in [0.29, 0.717) is 18.1 Å². The van der Waals surface area contributed by atoms with Crippen LogP contribution in [0.3, 0.4) is 0 Å². The Kier molecular flexibility index (Phi) is 12.7. The minimum absolute atomic E-state index is 0.250. The van der Waals surface area contributed by atoms with Crippen molar-refractivity contribution in [1.82, 2.24) is 0 Å². The standard InChI is InChI=1S/C18H34O2/c1-5-7-8-9-10-11-13-17(12-6-2)14-15-20-18(19)16(3)4/h17H,3,5-15H2,1-2,4H3. The predicted molar refractivity (Wildman–Crippen MR) is 86.8 cm³/mol. The molecule has 0 bridgehead atoms. The average molecular weight is 282 g/mol. The zero-order chi connectivity index (χ0) is 15.2. The predicted octanol–water partition coefficient (Wildman–Crippen LogP) is 5.66. The van der Waals surface area contributed by atoms with Gasteiger partial charge in [-0.1, -0.05) is 78.2 Å². The van der Waals surface area contributed by atoms with Crippen LogP contribution < -0.4 is 0 Å². The molecule has 1 unspecified atom stereocenters. The molecular weight excluding hydrogens is 248 g/mol. The highest BCUT2D eigenvalue weighted by Gasteiger charge is 2.10. The lowest BCUT2D eigenvalue weighted by molar-refractivity contribution is -0.139. The van der Waals surface area contributed by atoms with E-state index in [2.05, 4.69) is 20.4 Å². The normalized spacial score (nSPS) is 12.2. The van der Waals surface area contributed by atoms with Crippen molar-refractivity contribution in [2.24, 2.45) is 5.92 Å². The third kappa shape index (κ3) is 11.1. The number of ether oxygens (including phenoxy) is 1. The maximum absolute atomic E-state index is 11.3. The van der Waals surface area contributed by atoms with Gasteiger partial charge in [-0.25, -0.2) is 4.79 Å². The summed E-state index contributed by atoms with van der Waals surface area (Å²) in [7, 11) is 0. The summed E-state index contributed by atoms with van der Waals surface area (Å²) in [6.07, 6.45) is 12.9. The molecule has 0 aliphatic carbocycles. The molecule has 0 fully saturated rings. The first-order valence-corrected chi connectivity index (χ1v) is 8.44. The van der Waals surface area contributed by atoms with E-state index in [1.54, 1.807) is 6.92 Å². The highest BCUT2D eigenvalue weighted by molar-refractivity contribution is 5.86. The van der Waals surface area contributed by atoms with E-state index in [-0.39, 0.29) is 5.97 Å². The van der Waals surface area contributed by atoms with E-state index >= 15 is 0 Å². The zero-order valence-electron chi connectivity index (χ0n) is 13.9. The Morgan fingerprint density at radius 3 is 2.20 bits per heavy atom. The third-order valence-corrected chi connectivity index (χ3v) is 3.77. The van der Waals surface area contributed by atoms with Gasteiger partial charge >= 0.3 is 5.97 Å². The number of hydrogen-bond donors (Lipinski definition) is 0. The number of rotatable bonds is 13. The number of carbonyl (C=O) groups excluding carboxylic acids is 1. The molecule has 0 saturated heterocycles. The molecule has 0 aliphatic heterocycles. The van der Waals surface area contributed by atoms with Crippen molar-refractivity contribution in [3.8, 4) is 0 Å². The van der Waals surface area contributed by atoms with Crippen LogP contribution in [-0.2, 0) is 9.53 Å². The summed E-state index contributed by atoms with van der Waals surface area (Å²) in [6.45, 7) is 10.3. The van der Waals surface area contributed by atoms with Crippen LogP contribution in [0, 0.1) is 5.92 Å². The summed E-state index contributed by atoms with van der Waals surface area (Å²) in [5.41, 5.74) is 0.493. The Hall–Kier alpha value is -0.790. The molecule has 2 nitrogen and oxygen atoms in total. The molecule has 0 aliphatic rings. The molecule has 0 rings (SSSR count). The van der Waals surface area contributed by atoms with Crippen LogP contribution in [0.25, 0.3) is 0 Å². The molecule has 20 heavy (non-hydrogen) atoms. The second-order valence-electron chi connectivity index (χ2n) is 5.92. The quantitative estimate of drug-likeness (QED) is 0.247. The van der Waals surface area contributed by atoms with Gasteiger partial charge in [-0.15, -0.1) is 0 Å². The fourth-order valence-corrected chi connectivity index (χ4v) is 2.50.